The summed E-state index contributed by atoms with van der Waals surface area (Å²) in [5.41, 5.74) is 1.39. The number of carbonyl (C=O) groups excluding carboxylic acids is 1. The monoisotopic (exact) mass is 406 g/mol. The first-order chi connectivity index (χ1) is 12.9. The highest BCUT2D eigenvalue weighted by Gasteiger charge is 2.28. The molecule has 1 atom stereocenters. The molecule has 8 heteroatoms. The SMILES string of the molecule is CCOc1ccc(NC(C)=O)cc1S(=O)(=O)N[C@@H]1CCSc2ccccc21. The van der Waals surface area contributed by atoms with Crippen LogP contribution in [-0.2, 0) is 14.8 Å². The zero-order valence-electron chi connectivity index (χ0n) is 15.2. The number of sulfonamides is 1. The van der Waals surface area contributed by atoms with E-state index in [1.165, 1.54) is 13.0 Å². The molecular formula is C19H22N2O4S2. The second-order valence-corrected chi connectivity index (χ2v) is 8.94. The smallest absolute Gasteiger partial charge is 0.244 e. The Balaban J connectivity index is 1.95. The van der Waals surface area contributed by atoms with Crippen molar-refractivity contribution in [3.63, 3.8) is 0 Å². The molecule has 3 rings (SSSR count). The number of ether oxygens (including phenoxy) is 1. The van der Waals surface area contributed by atoms with E-state index in [1.807, 2.05) is 24.3 Å². The highest BCUT2D eigenvalue weighted by atomic mass is 32.2. The van der Waals surface area contributed by atoms with E-state index in [1.54, 1.807) is 30.8 Å². The summed E-state index contributed by atoms with van der Waals surface area (Å²) in [5, 5.41) is 2.62. The van der Waals surface area contributed by atoms with Crippen LogP contribution in [0.25, 0.3) is 0 Å². The van der Waals surface area contributed by atoms with Crippen LogP contribution in [0.5, 0.6) is 5.75 Å². The normalized spacial score (nSPS) is 16.4. The number of amides is 1. The van der Waals surface area contributed by atoms with E-state index in [-0.39, 0.29) is 22.6 Å². The van der Waals surface area contributed by atoms with Crippen LogP contribution < -0.4 is 14.8 Å². The molecule has 0 spiro atoms. The van der Waals surface area contributed by atoms with Crippen LogP contribution in [0.2, 0.25) is 0 Å². The van der Waals surface area contributed by atoms with E-state index in [0.717, 1.165) is 16.2 Å². The quantitative estimate of drug-likeness (QED) is 0.766. The van der Waals surface area contributed by atoms with Crippen molar-refractivity contribution in [1.29, 1.82) is 0 Å². The highest BCUT2D eigenvalue weighted by Crippen LogP contribution is 2.37. The summed E-state index contributed by atoms with van der Waals surface area (Å²) in [5.74, 6) is 0.834. The Labute approximate surface area is 163 Å². The molecule has 0 radical (unpaired) electrons. The molecule has 1 heterocycles. The van der Waals surface area contributed by atoms with Crippen molar-refractivity contribution >= 4 is 33.4 Å². The van der Waals surface area contributed by atoms with Gasteiger partial charge in [-0.2, -0.15) is 0 Å². The average Bonchev–Trinajstić information content (AvgIpc) is 2.63. The lowest BCUT2D eigenvalue weighted by Crippen LogP contribution is -2.31. The molecule has 0 fully saturated rings. The Morgan fingerprint density at radius 2 is 2.04 bits per heavy atom. The van der Waals surface area contributed by atoms with Crippen molar-refractivity contribution in [3.8, 4) is 5.75 Å². The topological polar surface area (TPSA) is 84.5 Å². The van der Waals surface area contributed by atoms with E-state index < -0.39 is 10.0 Å². The first-order valence-corrected chi connectivity index (χ1v) is 11.2. The molecule has 6 nitrogen and oxygen atoms in total. The minimum Gasteiger partial charge on any atom is -0.492 e. The standard InChI is InChI=1S/C19H22N2O4S2/c1-3-25-17-9-8-14(20-13(2)22)12-19(17)27(23,24)21-16-10-11-26-18-7-5-4-6-15(16)18/h4-9,12,16,21H,3,10-11H2,1-2H3,(H,20,22)/t16-/m1/s1. The summed E-state index contributed by atoms with van der Waals surface area (Å²) in [6.07, 6.45) is 0.705. The van der Waals surface area contributed by atoms with Crippen molar-refractivity contribution < 1.29 is 17.9 Å². The summed E-state index contributed by atoms with van der Waals surface area (Å²) in [6.45, 7) is 3.50. The number of anilines is 1. The molecule has 27 heavy (non-hydrogen) atoms. The Morgan fingerprint density at radius 3 is 2.78 bits per heavy atom. The second kappa shape index (κ2) is 8.33. The minimum absolute atomic E-state index is 0.0197. The van der Waals surface area contributed by atoms with Gasteiger partial charge in [-0.25, -0.2) is 13.1 Å². The molecule has 0 aromatic heterocycles. The van der Waals surface area contributed by atoms with Crippen LogP contribution >= 0.6 is 11.8 Å². The van der Waals surface area contributed by atoms with Gasteiger partial charge in [0.05, 0.1) is 6.61 Å². The van der Waals surface area contributed by atoms with Gasteiger partial charge in [-0.15, -0.1) is 11.8 Å². The maximum Gasteiger partial charge on any atom is 0.244 e. The maximum atomic E-state index is 13.1. The van der Waals surface area contributed by atoms with Crippen LogP contribution in [-0.4, -0.2) is 26.7 Å². The fraction of sp³-hybridized carbons (Fsp3) is 0.316. The summed E-state index contributed by atoms with van der Waals surface area (Å²) < 4.78 is 34.6. The zero-order valence-corrected chi connectivity index (χ0v) is 16.8. The van der Waals surface area contributed by atoms with Gasteiger partial charge in [0, 0.05) is 23.5 Å². The van der Waals surface area contributed by atoms with Gasteiger partial charge in [0.15, 0.2) is 0 Å². The van der Waals surface area contributed by atoms with Gasteiger partial charge in [0.1, 0.15) is 10.6 Å². The van der Waals surface area contributed by atoms with E-state index >= 15 is 0 Å². The van der Waals surface area contributed by atoms with Crippen molar-refractivity contribution in [3.05, 3.63) is 48.0 Å². The number of hydrogen-bond donors (Lipinski definition) is 2. The number of hydrogen-bond acceptors (Lipinski definition) is 5. The number of carbonyl (C=O) groups is 1. The lowest BCUT2D eigenvalue weighted by Gasteiger charge is -2.26. The predicted molar refractivity (Wildman–Crippen MR) is 107 cm³/mol. The first kappa shape index (κ1) is 19.7. The molecule has 0 unspecified atom stereocenters. The van der Waals surface area contributed by atoms with Gasteiger partial charge < -0.3 is 10.1 Å². The van der Waals surface area contributed by atoms with Gasteiger partial charge >= 0.3 is 0 Å². The molecule has 144 valence electrons. The number of thioether (sulfide) groups is 1. The number of fused-ring (bicyclic) bond motifs is 1. The molecule has 2 aromatic rings. The largest absolute Gasteiger partial charge is 0.492 e. The Kier molecular flexibility index (Phi) is 6.08. The third-order valence-corrected chi connectivity index (χ3v) is 6.72. The Hall–Kier alpha value is -2.03. The maximum absolute atomic E-state index is 13.1. The molecule has 1 aliphatic rings. The third-order valence-electron chi connectivity index (χ3n) is 4.11. The molecule has 0 aliphatic carbocycles. The Morgan fingerprint density at radius 1 is 1.26 bits per heavy atom. The summed E-state index contributed by atoms with van der Waals surface area (Å²) >= 11 is 1.73. The molecule has 0 bridgehead atoms. The van der Waals surface area contributed by atoms with Crippen molar-refractivity contribution in [2.75, 3.05) is 17.7 Å². The van der Waals surface area contributed by atoms with Gasteiger partial charge in [0.25, 0.3) is 0 Å². The van der Waals surface area contributed by atoms with Crippen molar-refractivity contribution in [1.82, 2.24) is 4.72 Å². The third kappa shape index (κ3) is 4.63. The summed E-state index contributed by atoms with van der Waals surface area (Å²) in [4.78, 5) is 12.4. The second-order valence-electron chi connectivity index (χ2n) is 6.12. The van der Waals surface area contributed by atoms with Crippen molar-refractivity contribution in [2.45, 2.75) is 36.1 Å². The molecular weight excluding hydrogens is 384 g/mol. The van der Waals surface area contributed by atoms with Crippen LogP contribution in [0, 0.1) is 0 Å². The molecule has 0 saturated heterocycles. The lowest BCUT2D eigenvalue weighted by molar-refractivity contribution is -0.114. The van der Waals surface area contributed by atoms with Crippen LogP contribution in [0.3, 0.4) is 0 Å². The molecule has 1 aliphatic heterocycles. The molecule has 0 saturated carbocycles. The Bertz CT molecular complexity index is 944. The van der Waals surface area contributed by atoms with Gasteiger partial charge in [-0.05, 0) is 48.9 Å². The lowest BCUT2D eigenvalue weighted by atomic mass is 10.1. The van der Waals surface area contributed by atoms with Crippen LogP contribution in [0.15, 0.2) is 52.3 Å². The summed E-state index contributed by atoms with van der Waals surface area (Å²) in [6, 6.07) is 12.1. The summed E-state index contributed by atoms with van der Waals surface area (Å²) in [7, 11) is -3.85. The van der Waals surface area contributed by atoms with E-state index in [2.05, 4.69) is 10.0 Å². The fourth-order valence-electron chi connectivity index (χ4n) is 2.99. The van der Waals surface area contributed by atoms with Gasteiger partial charge in [0.2, 0.25) is 15.9 Å². The van der Waals surface area contributed by atoms with Crippen LogP contribution in [0.4, 0.5) is 5.69 Å². The van der Waals surface area contributed by atoms with E-state index in [0.29, 0.717) is 18.7 Å². The first-order valence-electron chi connectivity index (χ1n) is 8.69. The van der Waals surface area contributed by atoms with Crippen molar-refractivity contribution in [2.24, 2.45) is 0 Å². The van der Waals surface area contributed by atoms with Gasteiger partial charge in [-0.3, -0.25) is 4.79 Å². The molecule has 1 amide bonds. The molecule has 2 N–H and O–H groups in total. The van der Waals surface area contributed by atoms with E-state index in [4.69, 9.17) is 4.74 Å². The highest BCUT2D eigenvalue weighted by molar-refractivity contribution is 7.99. The van der Waals surface area contributed by atoms with Gasteiger partial charge in [-0.1, -0.05) is 18.2 Å². The fourth-order valence-corrected chi connectivity index (χ4v) is 5.53. The number of benzene rings is 2. The minimum atomic E-state index is -3.85. The molecule has 2 aromatic carbocycles. The van der Waals surface area contributed by atoms with Crippen LogP contribution in [0.1, 0.15) is 31.9 Å². The predicted octanol–water partition coefficient (Wildman–Crippen LogP) is 3.56. The number of rotatable bonds is 6. The van der Waals surface area contributed by atoms with E-state index in [9.17, 15) is 13.2 Å². The number of nitrogens with one attached hydrogen (secondary N) is 2. The average molecular weight is 407 g/mol. The zero-order chi connectivity index (χ0) is 19.4.